The minimum absolute atomic E-state index is 0. The van der Waals surface area contributed by atoms with E-state index < -0.39 is 47.7 Å². The molecule has 0 fully saturated rings. The summed E-state index contributed by atoms with van der Waals surface area (Å²) < 4.78 is 0. The molecule has 216 valence electrons. The Bertz CT molecular complexity index is 981. The van der Waals surface area contributed by atoms with Gasteiger partial charge in [0.25, 0.3) is 0 Å². The topological polar surface area (TPSA) is 306 Å². The van der Waals surface area contributed by atoms with Gasteiger partial charge in [0, 0.05) is 36.6 Å². The van der Waals surface area contributed by atoms with Gasteiger partial charge in [-0.3, -0.25) is 19.2 Å². The summed E-state index contributed by atoms with van der Waals surface area (Å²) in [7, 11) is 0. The van der Waals surface area contributed by atoms with Crippen molar-refractivity contribution < 1.29 is 55.5 Å². The number of nitrogens with two attached hydrogens (primary N) is 2. The van der Waals surface area contributed by atoms with Crippen molar-refractivity contribution in [3.05, 3.63) is 36.4 Å². The fourth-order valence-electron chi connectivity index (χ4n) is 2.61. The van der Waals surface area contributed by atoms with E-state index in [1.165, 1.54) is 25.0 Å². The van der Waals surface area contributed by atoms with E-state index in [0.29, 0.717) is 11.4 Å². The molecule has 39 heavy (non-hydrogen) atoms. The SMILES string of the molecule is NCC(=O)NCC(=O)N[C@@H](Cc1cnc[nH]1)C(=O)[O-].NCC(=O)NCC(=O)N[C@@H](Cc1cnc[nH]1)C(=O)[O-].[Ni+2]. The van der Waals surface area contributed by atoms with Crippen molar-refractivity contribution in [2.24, 2.45) is 11.5 Å². The molecule has 19 heteroatoms. The third kappa shape index (κ3) is 14.8. The van der Waals surface area contributed by atoms with Crippen LogP contribution < -0.4 is 42.9 Å². The number of carboxylic acid groups (broad SMARTS) is 2. The Morgan fingerprint density at radius 1 is 0.718 bits per heavy atom. The second-order valence-electron chi connectivity index (χ2n) is 7.40. The number of aromatic amines is 2. The Labute approximate surface area is 231 Å². The number of H-pyrrole nitrogens is 2. The Balaban J connectivity index is 0.000000722. The first-order chi connectivity index (χ1) is 18.0. The van der Waals surface area contributed by atoms with Crippen LogP contribution in [0.25, 0.3) is 0 Å². The largest absolute Gasteiger partial charge is 2.00 e. The van der Waals surface area contributed by atoms with Gasteiger partial charge in [0.15, 0.2) is 0 Å². The third-order valence-electron chi connectivity index (χ3n) is 4.46. The molecular formula is C20H28N10NiO8. The molecule has 0 aliphatic rings. The van der Waals surface area contributed by atoms with Crippen LogP contribution in [0.3, 0.4) is 0 Å². The van der Waals surface area contributed by atoms with Crippen LogP contribution >= 0.6 is 0 Å². The van der Waals surface area contributed by atoms with Crippen molar-refractivity contribution in [2.45, 2.75) is 24.9 Å². The number of hydrogen-bond donors (Lipinski definition) is 8. The predicted octanol–water partition coefficient (Wildman–Crippen LogP) is -7.48. The van der Waals surface area contributed by atoms with Gasteiger partial charge < -0.3 is 62.5 Å². The maximum absolute atomic E-state index is 11.4. The molecule has 0 aromatic carbocycles. The summed E-state index contributed by atoms with van der Waals surface area (Å²) in [6.07, 6.45) is 5.70. The van der Waals surface area contributed by atoms with Gasteiger partial charge >= 0.3 is 16.5 Å². The number of carbonyl (C=O) groups excluding carboxylic acids is 6. The predicted molar refractivity (Wildman–Crippen MR) is 123 cm³/mol. The number of rotatable bonds is 14. The molecule has 2 heterocycles. The first-order valence-corrected chi connectivity index (χ1v) is 10.9. The van der Waals surface area contributed by atoms with Gasteiger partial charge in [-0.05, 0) is 0 Å². The molecule has 2 atom stereocenters. The van der Waals surface area contributed by atoms with E-state index in [1.807, 2.05) is 0 Å². The number of imidazole rings is 2. The van der Waals surface area contributed by atoms with E-state index in [1.54, 1.807) is 0 Å². The number of carbonyl (C=O) groups is 6. The van der Waals surface area contributed by atoms with E-state index in [0.717, 1.165) is 0 Å². The second-order valence-corrected chi connectivity index (χ2v) is 7.40. The van der Waals surface area contributed by atoms with E-state index in [9.17, 15) is 39.0 Å². The maximum atomic E-state index is 11.4. The monoisotopic (exact) mass is 594 g/mol. The van der Waals surface area contributed by atoms with E-state index in [-0.39, 0.29) is 55.5 Å². The average molecular weight is 595 g/mol. The Morgan fingerprint density at radius 3 is 1.33 bits per heavy atom. The van der Waals surface area contributed by atoms with Crippen molar-refractivity contribution in [3.8, 4) is 0 Å². The maximum Gasteiger partial charge on any atom is 2.00 e. The number of nitrogens with one attached hydrogen (secondary N) is 6. The van der Waals surface area contributed by atoms with Crippen LogP contribution in [-0.4, -0.2) is 93.8 Å². The van der Waals surface area contributed by atoms with Crippen molar-refractivity contribution in [1.82, 2.24) is 41.2 Å². The Hall–Kier alpha value is -4.35. The molecular weight excluding hydrogens is 567 g/mol. The number of amides is 4. The van der Waals surface area contributed by atoms with E-state index in [4.69, 9.17) is 11.5 Å². The van der Waals surface area contributed by atoms with Crippen LogP contribution in [0, 0.1) is 0 Å². The second kappa shape index (κ2) is 18.8. The summed E-state index contributed by atoms with van der Waals surface area (Å²) in [6.45, 7) is -1.18. The zero-order valence-electron chi connectivity index (χ0n) is 20.3. The van der Waals surface area contributed by atoms with Gasteiger partial charge in [0.2, 0.25) is 23.6 Å². The van der Waals surface area contributed by atoms with E-state index in [2.05, 4.69) is 41.2 Å². The van der Waals surface area contributed by atoms with Crippen LogP contribution in [0.4, 0.5) is 0 Å². The molecule has 18 nitrogen and oxygen atoms in total. The van der Waals surface area contributed by atoms with Crippen molar-refractivity contribution in [2.75, 3.05) is 26.2 Å². The molecule has 0 spiro atoms. The van der Waals surface area contributed by atoms with Crippen LogP contribution in [0.15, 0.2) is 25.0 Å². The standard InChI is InChI=1S/2C10H15N5O4.Ni/c2*11-2-8(16)13-4-9(17)15-7(10(18)19)1-6-3-12-5-14-6;/h2*3,5,7H,1-2,4,11H2,(H,12,14)(H,13,16)(H,15,17)(H,18,19);/q;;+2/p-2/t2*7-;/m00./s1. The Kier molecular flexibility index (Phi) is 16.7. The minimum Gasteiger partial charge on any atom is -0.548 e. The minimum atomic E-state index is -1.42. The van der Waals surface area contributed by atoms with Crippen molar-refractivity contribution in [3.63, 3.8) is 0 Å². The van der Waals surface area contributed by atoms with Crippen molar-refractivity contribution in [1.29, 1.82) is 0 Å². The molecule has 2 aromatic rings. The summed E-state index contributed by atoms with van der Waals surface area (Å²) in [4.78, 5) is 79.2. The molecule has 0 bridgehead atoms. The molecule has 0 saturated heterocycles. The molecule has 0 saturated carbocycles. The zero-order valence-corrected chi connectivity index (χ0v) is 21.3. The average Bonchev–Trinajstić information content (AvgIpc) is 3.59. The number of aromatic nitrogens is 4. The summed E-state index contributed by atoms with van der Waals surface area (Å²) >= 11 is 0. The van der Waals surface area contributed by atoms with Gasteiger partial charge in [-0.1, -0.05) is 0 Å². The first kappa shape index (κ1) is 34.7. The molecule has 2 aromatic heterocycles. The van der Waals surface area contributed by atoms with Gasteiger partial charge in [0.05, 0.1) is 62.9 Å². The van der Waals surface area contributed by atoms with Gasteiger partial charge in [0.1, 0.15) is 0 Å². The third-order valence-corrected chi connectivity index (χ3v) is 4.46. The fourth-order valence-corrected chi connectivity index (χ4v) is 2.61. The summed E-state index contributed by atoms with van der Waals surface area (Å²) in [6, 6.07) is -2.41. The molecule has 2 rings (SSSR count). The summed E-state index contributed by atoms with van der Waals surface area (Å²) in [5.74, 6) is -5.14. The number of hydrogen-bond acceptors (Lipinski definition) is 12. The van der Waals surface area contributed by atoms with Crippen molar-refractivity contribution >= 4 is 35.6 Å². The van der Waals surface area contributed by atoms with E-state index >= 15 is 0 Å². The van der Waals surface area contributed by atoms with Gasteiger partial charge in [-0.15, -0.1) is 0 Å². The fraction of sp³-hybridized carbons (Fsp3) is 0.400. The molecule has 0 aliphatic carbocycles. The number of nitrogens with zero attached hydrogens (tertiary/aromatic N) is 2. The molecule has 10 N–H and O–H groups in total. The summed E-state index contributed by atoms with van der Waals surface area (Å²) in [5, 5.41) is 30.7. The Morgan fingerprint density at radius 2 is 1.08 bits per heavy atom. The van der Waals surface area contributed by atoms with Gasteiger partial charge in [-0.25, -0.2) is 9.97 Å². The van der Waals surface area contributed by atoms with Gasteiger partial charge in [-0.2, -0.15) is 0 Å². The zero-order chi connectivity index (χ0) is 28.5. The number of aliphatic carboxylic acids is 2. The molecule has 0 radical (unpaired) electrons. The van der Waals surface area contributed by atoms with Crippen LogP contribution in [0.2, 0.25) is 0 Å². The first-order valence-electron chi connectivity index (χ1n) is 10.9. The number of carboxylic acids is 2. The smallest absolute Gasteiger partial charge is 0.548 e. The normalized spacial score (nSPS) is 11.3. The van der Waals surface area contributed by atoms with Crippen LogP contribution in [0.5, 0.6) is 0 Å². The molecule has 4 amide bonds. The summed E-state index contributed by atoms with van der Waals surface area (Å²) in [5.41, 5.74) is 11.2. The molecule has 0 aliphatic heterocycles. The molecule has 0 unspecified atom stereocenters. The van der Waals surface area contributed by atoms with Crippen LogP contribution in [0.1, 0.15) is 11.4 Å². The van der Waals surface area contributed by atoms with Crippen LogP contribution in [-0.2, 0) is 58.1 Å². The quantitative estimate of drug-likeness (QED) is 0.0945.